The van der Waals surface area contributed by atoms with E-state index in [9.17, 15) is 9.90 Å². The number of hydrogen-bond donors (Lipinski definition) is 1. The fraction of sp³-hybridized carbons (Fsp3) is 0.348. The van der Waals surface area contributed by atoms with E-state index in [2.05, 4.69) is 33.3 Å². The first-order chi connectivity index (χ1) is 15.7. The van der Waals surface area contributed by atoms with Crippen molar-refractivity contribution in [2.75, 3.05) is 6.61 Å². The van der Waals surface area contributed by atoms with Crippen LogP contribution in [0.5, 0.6) is 0 Å². The van der Waals surface area contributed by atoms with Gasteiger partial charge >= 0.3 is 5.97 Å². The minimum Gasteiger partial charge on any atom is -0.478 e. The lowest BCUT2D eigenvalue weighted by molar-refractivity contribution is -0.0365. The number of benzene rings is 1. The van der Waals surface area contributed by atoms with E-state index in [1.807, 2.05) is 4.68 Å². The number of aromatic carboxylic acids is 1. The number of carbonyl (C=O) groups is 1. The largest absolute Gasteiger partial charge is 0.478 e. The Labute approximate surface area is 183 Å². The summed E-state index contributed by atoms with van der Waals surface area (Å²) < 4.78 is 9.42. The second-order valence-corrected chi connectivity index (χ2v) is 8.38. The van der Waals surface area contributed by atoms with Crippen molar-refractivity contribution < 1.29 is 14.6 Å². The van der Waals surface area contributed by atoms with Crippen LogP contribution in [0.25, 0.3) is 28.2 Å². The first-order valence-electron chi connectivity index (χ1n) is 10.9. The van der Waals surface area contributed by atoms with E-state index in [4.69, 9.17) is 9.84 Å². The second-order valence-electron chi connectivity index (χ2n) is 8.38. The molecule has 0 radical (unpaired) electrons. The summed E-state index contributed by atoms with van der Waals surface area (Å²) in [5.41, 5.74) is 3.13. The summed E-state index contributed by atoms with van der Waals surface area (Å²) in [6.07, 6.45) is 9.83. The van der Waals surface area contributed by atoms with E-state index in [1.54, 1.807) is 12.3 Å². The Hall–Kier alpha value is -3.59. The molecule has 1 unspecified atom stereocenters. The first kappa shape index (κ1) is 19.1. The third kappa shape index (κ3) is 3.34. The Kier molecular flexibility index (Phi) is 4.50. The molecule has 1 atom stereocenters. The van der Waals surface area contributed by atoms with Crippen LogP contribution in [0.4, 0.5) is 0 Å². The lowest BCUT2D eigenvalue weighted by atomic mass is 10.1. The van der Waals surface area contributed by atoms with Gasteiger partial charge in [0.2, 0.25) is 0 Å². The molecule has 9 nitrogen and oxygen atoms in total. The zero-order valence-electron chi connectivity index (χ0n) is 17.4. The summed E-state index contributed by atoms with van der Waals surface area (Å²) in [7, 11) is 0. The summed E-state index contributed by atoms with van der Waals surface area (Å²) in [6, 6.07) is 8.23. The van der Waals surface area contributed by atoms with Crippen molar-refractivity contribution in [1.82, 2.24) is 29.5 Å². The van der Waals surface area contributed by atoms with Gasteiger partial charge in [-0.25, -0.2) is 24.1 Å². The molecule has 0 bridgehead atoms. The summed E-state index contributed by atoms with van der Waals surface area (Å²) in [5.74, 6) is 0.544. The van der Waals surface area contributed by atoms with Gasteiger partial charge in [-0.3, -0.25) is 0 Å². The Morgan fingerprint density at radius 3 is 2.81 bits per heavy atom. The highest BCUT2D eigenvalue weighted by molar-refractivity contribution is 5.92. The fourth-order valence-corrected chi connectivity index (χ4v) is 4.28. The van der Waals surface area contributed by atoms with Crippen LogP contribution in [-0.2, 0) is 4.74 Å². The van der Waals surface area contributed by atoms with E-state index in [1.165, 1.54) is 35.5 Å². The van der Waals surface area contributed by atoms with Crippen LogP contribution in [0.1, 0.15) is 60.2 Å². The van der Waals surface area contributed by atoms with Gasteiger partial charge in [-0.05, 0) is 55.7 Å². The zero-order chi connectivity index (χ0) is 21.7. The van der Waals surface area contributed by atoms with Gasteiger partial charge in [-0.1, -0.05) is 6.07 Å². The average Bonchev–Trinajstić information content (AvgIpc) is 3.43. The molecule has 2 aliphatic rings. The van der Waals surface area contributed by atoms with Gasteiger partial charge in [0.05, 0.1) is 17.3 Å². The summed E-state index contributed by atoms with van der Waals surface area (Å²) in [4.78, 5) is 20.4. The molecule has 1 aliphatic heterocycles. The summed E-state index contributed by atoms with van der Waals surface area (Å²) >= 11 is 0. The van der Waals surface area contributed by atoms with Crippen LogP contribution in [0.2, 0.25) is 0 Å². The maximum absolute atomic E-state index is 11.2. The Morgan fingerprint density at radius 2 is 2.06 bits per heavy atom. The smallest absolute Gasteiger partial charge is 0.338 e. The van der Waals surface area contributed by atoms with E-state index in [0.717, 1.165) is 36.8 Å². The maximum Gasteiger partial charge on any atom is 0.338 e. The van der Waals surface area contributed by atoms with Crippen molar-refractivity contribution in [3.63, 3.8) is 0 Å². The molecule has 0 amide bonds. The number of rotatable bonds is 5. The minimum absolute atomic E-state index is 0.0980. The summed E-state index contributed by atoms with van der Waals surface area (Å²) in [6.45, 7) is 0.735. The van der Waals surface area contributed by atoms with E-state index in [-0.39, 0.29) is 11.8 Å². The predicted octanol–water partition coefficient (Wildman–Crippen LogP) is 3.95. The Morgan fingerprint density at radius 1 is 1.16 bits per heavy atom. The molecule has 1 saturated heterocycles. The lowest BCUT2D eigenvalue weighted by Crippen LogP contribution is -2.19. The highest BCUT2D eigenvalue weighted by atomic mass is 16.5. The average molecular weight is 430 g/mol. The molecule has 9 heteroatoms. The van der Waals surface area contributed by atoms with Gasteiger partial charge < -0.3 is 9.84 Å². The van der Waals surface area contributed by atoms with Crippen molar-refractivity contribution in [2.45, 2.75) is 44.2 Å². The number of ether oxygens (including phenoxy) is 1. The number of nitrogens with zero attached hydrogens (tertiary/aromatic N) is 6. The summed E-state index contributed by atoms with van der Waals surface area (Å²) in [5, 5.41) is 19.2. The molecule has 3 aromatic heterocycles. The molecule has 4 aromatic rings. The van der Waals surface area contributed by atoms with Crippen molar-refractivity contribution >= 4 is 16.9 Å². The molecule has 2 fully saturated rings. The molecule has 32 heavy (non-hydrogen) atoms. The van der Waals surface area contributed by atoms with Crippen LogP contribution >= 0.6 is 0 Å². The number of carboxylic acid groups (broad SMARTS) is 1. The van der Waals surface area contributed by atoms with Gasteiger partial charge in [-0.2, -0.15) is 10.2 Å². The quantitative estimate of drug-likeness (QED) is 0.511. The normalized spacial score (nSPS) is 18.8. The van der Waals surface area contributed by atoms with Crippen molar-refractivity contribution in [1.29, 1.82) is 0 Å². The number of carboxylic acids is 1. The van der Waals surface area contributed by atoms with Gasteiger partial charge in [0.15, 0.2) is 17.9 Å². The van der Waals surface area contributed by atoms with Gasteiger partial charge in [0, 0.05) is 30.5 Å². The molecule has 1 N–H and O–H groups in total. The number of aromatic nitrogens is 6. The van der Waals surface area contributed by atoms with Crippen LogP contribution in [0, 0.1) is 0 Å². The second kappa shape index (κ2) is 7.52. The number of fused-ring (bicyclic) bond motifs is 1. The predicted molar refractivity (Wildman–Crippen MR) is 116 cm³/mol. The van der Waals surface area contributed by atoms with Gasteiger partial charge in [0.25, 0.3) is 0 Å². The highest BCUT2D eigenvalue weighted by Gasteiger charge is 2.27. The van der Waals surface area contributed by atoms with Crippen LogP contribution in [-0.4, -0.2) is 47.2 Å². The van der Waals surface area contributed by atoms with Gasteiger partial charge in [-0.15, -0.1) is 0 Å². The molecule has 1 aliphatic carbocycles. The Balaban J connectivity index is 1.47. The third-order valence-electron chi connectivity index (χ3n) is 6.12. The molecule has 1 aromatic carbocycles. The molecule has 1 saturated carbocycles. The minimum atomic E-state index is -1.03. The molecular formula is C23H22N6O3. The molecular weight excluding hydrogens is 408 g/mol. The van der Waals surface area contributed by atoms with Crippen molar-refractivity contribution in [3.8, 4) is 17.3 Å². The van der Waals surface area contributed by atoms with Gasteiger partial charge in [0.1, 0.15) is 5.69 Å². The first-order valence-corrected chi connectivity index (χ1v) is 10.9. The van der Waals surface area contributed by atoms with Crippen LogP contribution < -0.4 is 0 Å². The van der Waals surface area contributed by atoms with Crippen LogP contribution in [0.15, 0.2) is 42.9 Å². The molecule has 0 spiro atoms. The molecule has 4 heterocycles. The highest BCUT2D eigenvalue weighted by Crippen LogP contribution is 2.42. The van der Waals surface area contributed by atoms with E-state index < -0.39 is 5.97 Å². The maximum atomic E-state index is 11.2. The number of hydrogen-bond acceptors (Lipinski definition) is 6. The topological polar surface area (TPSA) is 108 Å². The fourth-order valence-electron chi connectivity index (χ4n) is 4.28. The molecule has 6 rings (SSSR count). The zero-order valence-corrected chi connectivity index (χ0v) is 17.4. The SMILES string of the molecule is O=C(O)c1cnn(-c2ccnc(-c3nn(C4CCCCO4)c4ccc(C5CC5)cc34)n2)c1. The lowest BCUT2D eigenvalue weighted by Gasteiger charge is -2.23. The van der Waals surface area contributed by atoms with Crippen molar-refractivity contribution in [3.05, 3.63) is 54.0 Å². The van der Waals surface area contributed by atoms with Crippen molar-refractivity contribution in [2.24, 2.45) is 0 Å². The van der Waals surface area contributed by atoms with E-state index in [0.29, 0.717) is 23.3 Å². The Bertz CT molecular complexity index is 1320. The van der Waals surface area contributed by atoms with Crippen LogP contribution in [0.3, 0.4) is 0 Å². The van der Waals surface area contributed by atoms with E-state index >= 15 is 0 Å². The standard InChI is InChI=1S/C23H22N6O3/c30-23(31)16-12-25-28(13-16)19-8-9-24-22(26-19)21-17-11-15(14-4-5-14)6-7-18(17)29(27-21)20-3-1-2-10-32-20/h6-9,11-14,20H,1-5,10H2,(H,30,31). The monoisotopic (exact) mass is 430 g/mol. The molecule has 162 valence electrons. The third-order valence-corrected chi connectivity index (χ3v) is 6.12.